The van der Waals surface area contributed by atoms with E-state index in [0.717, 1.165) is 25.7 Å². The first kappa shape index (κ1) is 49.7. The van der Waals surface area contributed by atoms with Crippen molar-refractivity contribution < 1.29 is 94.8 Å². The molecule has 4 saturated heterocycles. The van der Waals surface area contributed by atoms with Crippen molar-refractivity contribution in [3.63, 3.8) is 0 Å². The molecule has 4 aliphatic heterocycles. The fourth-order valence-corrected chi connectivity index (χ4v) is 14.6. The van der Waals surface area contributed by atoms with Crippen molar-refractivity contribution in [2.45, 2.75) is 220 Å². The van der Waals surface area contributed by atoms with Crippen LogP contribution >= 0.6 is 0 Å². The fourth-order valence-electron chi connectivity index (χ4n) is 14.6. The third-order valence-corrected chi connectivity index (χ3v) is 18.5. The number of hydrogen-bond donors (Lipinski definition) is 13. The number of aliphatic hydroxyl groups is 13. The zero-order valence-corrected chi connectivity index (χ0v) is 37.6. The van der Waals surface area contributed by atoms with Gasteiger partial charge in [0.15, 0.2) is 18.4 Å². The fraction of sp³-hybridized carbons (Fsp3) is 1.00. The van der Waals surface area contributed by atoms with Gasteiger partial charge in [-0.1, -0.05) is 27.7 Å². The number of ether oxygens (including phenoxy) is 6. The molecular weight excluding hydrogens is 844 g/mol. The number of fused-ring (bicyclic) bond motifs is 7. The summed E-state index contributed by atoms with van der Waals surface area (Å²) in [4.78, 5) is 0. The van der Waals surface area contributed by atoms with Crippen LogP contribution in [0, 0.1) is 46.3 Å². The normalized spacial score (nSPS) is 57.3. The Morgan fingerprint density at radius 1 is 0.703 bits per heavy atom. The number of aliphatic hydroxyl groups excluding tert-OH is 12. The summed E-state index contributed by atoms with van der Waals surface area (Å²) < 4.78 is 37.7. The Morgan fingerprint density at radius 2 is 1.38 bits per heavy atom. The van der Waals surface area contributed by atoms with Gasteiger partial charge >= 0.3 is 0 Å². The van der Waals surface area contributed by atoms with Crippen LogP contribution in [0.25, 0.3) is 0 Å². The summed E-state index contributed by atoms with van der Waals surface area (Å²) in [6.45, 7) is 8.28. The summed E-state index contributed by atoms with van der Waals surface area (Å²) in [7, 11) is 0. The molecule has 28 atom stereocenters. The van der Waals surface area contributed by atoms with Gasteiger partial charge in [0.05, 0.1) is 43.2 Å². The number of hydrogen-bond acceptors (Lipinski definition) is 19. The predicted octanol–water partition coefficient (Wildman–Crippen LogP) is -2.25. The van der Waals surface area contributed by atoms with Gasteiger partial charge in [-0.3, -0.25) is 0 Å². The lowest BCUT2D eigenvalue weighted by Crippen LogP contribution is -2.68. The van der Waals surface area contributed by atoms with Crippen LogP contribution in [0.4, 0.5) is 0 Å². The second-order valence-electron chi connectivity index (χ2n) is 21.7. The van der Waals surface area contributed by atoms with Crippen LogP contribution in [-0.4, -0.2) is 201 Å². The molecule has 64 heavy (non-hydrogen) atoms. The Kier molecular flexibility index (Phi) is 14.1. The van der Waals surface area contributed by atoms with Crippen LogP contribution in [0.1, 0.15) is 98.8 Å². The van der Waals surface area contributed by atoms with Crippen LogP contribution < -0.4 is 0 Å². The van der Waals surface area contributed by atoms with Crippen molar-refractivity contribution in [1.29, 1.82) is 0 Å². The SMILES string of the molecule is C[C@@H]1O[C@@H](O[C@@H]2[C@@H](O)[C@H](OC34C[C@@H]5O[C@](O)(CC[C@H](C)C(O)[C@@H]6O[C@H](CO)[C@@H](O)[C@H](O)[C@H]6O)[C@@H](C)[C@@H]5[C@@]3(C)CC[C@H]3[C@H]4CC[C@@H]4C[C@@H](O)CC[C@@]43C)O[C@H](CO)[C@H]2O)[C@H](O)[C@H](O)[C@H]1O. The van der Waals surface area contributed by atoms with E-state index in [-0.39, 0.29) is 42.1 Å². The molecule has 8 rings (SSSR count). The summed E-state index contributed by atoms with van der Waals surface area (Å²) in [5, 5.41) is 141. The van der Waals surface area contributed by atoms with Crippen molar-refractivity contribution in [1.82, 2.24) is 0 Å². The van der Waals surface area contributed by atoms with Crippen molar-refractivity contribution in [2.75, 3.05) is 13.2 Å². The zero-order chi connectivity index (χ0) is 46.6. The molecule has 0 bridgehead atoms. The summed E-state index contributed by atoms with van der Waals surface area (Å²) in [5.41, 5.74) is -1.88. The van der Waals surface area contributed by atoms with E-state index in [2.05, 4.69) is 13.8 Å². The third kappa shape index (κ3) is 7.85. The van der Waals surface area contributed by atoms with Gasteiger partial charge in [-0.15, -0.1) is 0 Å². The Bertz CT molecular complexity index is 1610. The highest BCUT2D eigenvalue weighted by Gasteiger charge is 2.76. The molecule has 370 valence electrons. The first-order valence-corrected chi connectivity index (χ1v) is 23.8. The lowest BCUT2D eigenvalue weighted by atomic mass is 9.43. The van der Waals surface area contributed by atoms with Crippen LogP contribution in [0.3, 0.4) is 0 Å². The van der Waals surface area contributed by atoms with Crippen molar-refractivity contribution in [3.05, 3.63) is 0 Å². The lowest BCUT2D eigenvalue weighted by molar-refractivity contribution is -0.384. The lowest BCUT2D eigenvalue weighted by Gasteiger charge is -2.65. The average molecular weight is 921 g/mol. The zero-order valence-electron chi connectivity index (χ0n) is 37.6. The quantitative estimate of drug-likeness (QED) is 0.104. The molecule has 19 heteroatoms. The van der Waals surface area contributed by atoms with Crippen LogP contribution in [0.5, 0.6) is 0 Å². The molecule has 0 aromatic rings. The van der Waals surface area contributed by atoms with E-state index < -0.39 is 146 Å². The number of rotatable bonds is 11. The second kappa shape index (κ2) is 18.2. The molecule has 4 saturated carbocycles. The third-order valence-electron chi connectivity index (χ3n) is 18.5. The van der Waals surface area contributed by atoms with Crippen LogP contribution in [-0.2, 0) is 28.4 Å². The summed E-state index contributed by atoms with van der Waals surface area (Å²) in [5.74, 6) is -2.66. The van der Waals surface area contributed by atoms with E-state index in [1.54, 1.807) is 6.92 Å². The molecule has 0 aromatic heterocycles. The monoisotopic (exact) mass is 920 g/mol. The van der Waals surface area contributed by atoms with E-state index in [4.69, 9.17) is 28.4 Å². The average Bonchev–Trinajstić information content (AvgIpc) is 3.66. The van der Waals surface area contributed by atoms with E-state index in [1.807, 2.05) is 6.92 Å². The van der Waals surface area contributed by atoms with E-state index in [0.29, 0.717) is 31.6 Å². The molecule has 4 aliphatic carbocycles. The molecule has 0 amide bonds. The first-order valence-electron chi connectivity index (χ1n) is 23.8. The van der Waals surface area contributed by atoms with E-state index >= 15 is 0 Å². The molecule has 13 N–H and O–H groups in total. The highest BCUT2D eigenvalue weighted by atomic mass is 16.7. The molecule has 8 aliphatic rings. The first-order chi connectivity index (χ1) is 30.1. The highest BCUT2D eigenvalue weighted by molar-refractivity contribution is 5.23. The van der Waals surface area contributed by atoms with Crippen molar-refractivity contribution >= 4 is 0 Å². The minimum Gasteiger partial charge on any atom is -0.394 e. The molecule has 0 spiro atoms. The van der Waals surface area contributed by atoms with Gasteiger partial charge in [0.2, 0.25) is 0 Å². The summed E-state index contributed by atoms with van der Waals surface area (Å²) in [6, 6.07) is 0. The van der Waals surface area contributed by atoms with Crippen LogP contribution in [0.2, 0.25) is 0 Å². The molecule has 0 radical (unpaired) electrons. The molecule has 4 heterocycles. The minimum absolute atomic E-state index is 0.0911. The molecule has 8 fully saturated rings. The summed E-state index contributed by atoms with van der Waals surface area (Å²) >= 11 is 0. The van der Waals surface area contributed by atoms with Gasteiger partial charge < -0.3 is 94.8 Å². The predicted molar refractivity (Wildman–Crippen MR) is 219 cm³/mol. The van der Waals surface area contributed by atoms with Gasteiger partial charge in [-0.2, -0.15) is 0 Å². The van der Waals surface area contributed by atoms with E-state index in [9.17, 15) is 66.4 Å². The Morgan fingerprint density at radius 3 is 2.06 bits per heavy atom. The van der Waals surface area contributed by atoms with Crippen LogP contribution in [0.15, 0.2) is 0 Å². The Hall–Kier alpha value is -0.760. The van der Waals surface area contributed by atoms with Crippen molar-refractivity contribution in [3.8, 4) is 0 Å². The maximum atomic E-state index is 12.4. The van der Waals surface area contributed by atoms with Crippen molar-refractivity contribution in [2.24, 2.45) is 46.3 Å². The smallest absolute Gasteiger partial charge is 0.187 e. The molecule has 19 nitrogen and oxygen atoms in total. The largest absolute Gasteiger partial charge is 0.394 e. The topological polar surface area (TPSA) is 318 Å². The minimum atomic E-state index is -1.74. The van der Waals surface area contributed by atoms with Gasteiger partial charge in [0, 0.05) is 30.1 Å². The Balaban J connectivity index is 1.07. The van der Waals surface area contributed by atoms with E-state index in [1.165, 1.54) is 6.92 Å². The van der Waals surface area contributed by atoms with Gasteiger partial charge in [0.1, 0.15) is 73.2 Å². The van der Waals surface area contributed by atoms with Gasteiger partial charge in [-0.25, -0.2) is 0 Å². The molecule has 2 unspecified atom stereocenters. The second-order valence-corrected chi connectivity index (χ2v) is 21.7. The summed E-state index contributed by atoms with van der Waals surface area (Å²) in [6.07, 6.45) is -18.6. The molecular formula is C45H76O19. The standard InChI is InChI=1S/C45H76O19/c1-18(29(49)38-35(55)34(54)31(51)26(16-46)60-38)8-13-45(58)19(2)28-25(63-45)15-44(24-7-6-21-14-22(48)9-11-42(21,4)23(24)10-12-43(28,44)5)64-41-37(57)39(32(52)27(17-47)61-41)62-40-36(56)33(53)30(50)20(3)59-40/h18-41,46-58H,6-17H2,1-5H3/t18-,19-,20-,21+,22-,23-,24+,25-,26+,27+,28-,29?,30-,31+,32+,33+,34-,35+,36+,37+,38-,39-,40-,41-,42-,43+,44?,45+/m0/s1. The van der Waals surface area contributed by atoms with Gasteiger partial charge in [0.25, 0.3) is 0 Å². The Labute approximate surface area is 374 Å². The maximum Gasteiger partial charge on any atom is 0.187 e. The highest BCUT2D eigenvalue weighted by Crippen LogP contribution is 2.74. The maximum absolute atomic E-state index is 12.4. The molecule has 0 aromatic carbocycles. The van der Waals surface area contributed by atoms with Gasteiger partial charge in [-0.05, 0) is 87.4 Å².